The summed E-state index contributed by atoms with van der Waals surface area (Å²) in [6.45, 7) is 2.25. The average Bonchev–Trinajstić information content (AvgIpc) is 2.92. The Morgan fingerprint density at radius 2 is 2.10 bits per heavy atom. The maximum absolute atomic E-state index is 12.5. The van der Waals surface area contributed by atoms with E-state index in [0.717, 1.165) is 23.9 Å². The smallest absolute Gasteiger partial charge is 0.274 e. The van der Waals surface area contributed by atoms with Crippen LogP contribution in [0.15, 0.2) is 29.1 Å². The number of amides is 1. The van der Waals surface area contributed by atoms with Gasteiger partial charge in [-0.05, 0) is 25.0 Å². The first-order valence-corrected chi connectivity index (χ1v) is 6.82. The van der Waals surface area contributed by atoms with Gasteiger partial charge in [0.1, 0.15) is 5.69 Å². The zero-order valence-electron chi connectivity index (χ0n) is 11.7. The van der Waals surface area contributed by atoms with Gasteiger partial charge in [0.05, 0.1) is 17.1 Å². The topological polar surface area (TPSA) is 55.2 Å². The number of hydrogen-bond donors (Lipinski definition) is 0. The van der Waals surface area contributed by atoms with Gasteiger partial charge in [0, 0.05) is 20.5 Å². The Balaban J connectivity index is 2.19. The van der Waals surface area contributed by atoms with Crippen LogP contribution in [0.2, 0.25) is 0 Å². The summed E-state index contributed by atoms with van der Waals surface area (Å²) in [5.41, 5.74) is 1.98. The number of para-hydroxylation sites is 2. The second kappa shape index (κ2) is 4.74. The van der Waals surface area contributed by atoms with Gasteiger partial charge in [0.15, 0.2) is 0 Å². The van der Waals surface area contributed by atoms with Gasteiger partial charge in [-0.2, -0.15) is 0 Å². The predicted octanol–water partition coefficient (Wildman–Crippen LogP) is 1.62. The highest BCUT2D eigenvalue weighted by atomic mass is 16.2. The van der Waals surface area contributed by atoms with Crippen LogP contribution in [0.3, 0.4) is 0 Å². The van der Waals surface area contributed by atoms with Crippen LogP contribution >= 0.6 is 0 Å². The van der Waals surface area contributed by atoms with Crippen molar-refractivity contribution in [3.8, 4) is 0 Å². The van der Waals surface area contributed by atoms with Crippen molar-refractivity contribution in [1.29, 1.82) is 0 Å². The molecule has 0 N–H and O–H groups in total. The minimum Gasteiger partial charge on any atom is -0.334 e. The van der Waals surface area contributed by atoms with Crippen molar-refractivity contribution in [3.05, 3.63) is 40.3 Å². The first-order valence-electron chi connectivity index (χ1n) is 6.82. The van der Waals surface area contributed by atoms with Crippen molar-refractivity contribution < 1.29 is 4.79 Å². The zero-order valence-corrected chi connectivity index (χ0v) is 11.7. The molecule has 1 aliphatic heterocycles. The second-order valence-corrected chi connectivity index (χ2v) is 5.22. The molecule has 0 aliphatic carbocycles. The standard InChI is InChI=1S/C15H17N3O2/c1-10(19)18-9-5-8-13(18)14-15(20)17(2)12-7-4-3-6-11(12)16-14/h3-4,6-7,13H,5,8-9H2,1-2H3. The fourth-order valence-electron chi connectivity index (χ4n) is 2.95. The van der Waals surface area contributed by atoms with E-state index >= 15 is 0 Å². The fourth-order valence-corrected chi connectivity index (χ4v) is 2.95. The van der Waals surface area contributed by atoms with Crippen LogP contribution in [-0.4, -0.2) is 26.9 Å². The molecule has 1 fully saturated rings. The summed E-state index contributed by atoms with van der Waals surface area (Å²) in [5, 5.41) is 0. The SMILES string of the molecule is CC(=O)N1CCCC1c1nc2ccccc2n(C)c1=O. The van der Waals surface area contributed by atoms with Crippen molar-refractivity contribution in [2.75, 3.05) is 6.54 Å². The lowest BCUT2D eigenvalue weighted by molar-refractivity contribution is -0.129. The van der Waals surface area contributed by atoms with Crippen LogP contribution in [0.1, 0.15) is 31.5 Å². The summed E-state index contributed by atoms with van der Waals surface area (Å²) in [6, 6.07) is 7.38. The van der Waals surface area contributed by atoms with E-state index < -0.39 is 0 Å². The van der Waals surface area contributed by atoms with E-state index in [0.29, 0.717) is 12.2 Å². The lowest BCUT2D eigenvalue weighted by Crippen LogP contribution is -2.34. The molecular formula is C15H17N3O2. The van der Waals surface area contributed by atoms with Gasteiger partial charge >= 0.3 is 0 Å². The number of hydrogen-bond acceptors (Lipinski definition) is 3. The Hall–Kier alpha value is -2.17. The molecule has 5 nitrogen and oxygen atoms in total. The minimum absolute atomic E-state index is 0.00418. The van der Waals surface area contributed by atoms with E-state index in [2.05, 4.69) is 4.98 Å². The van der Waals surface area contributed by atoms with E-state index in [4.69, 9.17) is 0 Å². The number of aromatic nitrogens is 2. The third-order valence-corrected chi connectivity index (χ3v) is 3.98. The predicted molar refractivity (Wildman–Crippen MR) is 76.3 cm³/mol. The average molecular weight is 271 g/mol. The highest BCUT2D eigenvalue weighted by Gasteiger charge is 2.31. The van der Waals surface area contributed by atoms with Gasteiger partial charge in [-0.15, -0.1) is 0 Å². The van der Waals surface area contributed by atoms with Crippen molar-refractivity contribution in [2.45, 2.75) is 25.8 Å². The molecule has 0 saturated carbocycles. The number of rotatable bonds is 1. The van der Waals surface area contributed by atoms with Crippen LogP contribution < -0.4 is 5.56 Å². The van der Waals surface area contributed by atoms with E-state index in [-0.39, 0.29) is 17.5 Å². The molecule has 1 atom stereocenters. The molecule has 3 rings (SSSR count). The highest BCUT2D eigenvalue weighted by Crippen LogP contribution is 2.29. The Bertz CT molecular complexity index is 735. The maximum atomic E-state index is 12.5. The van der Waals surface area contributed by atoms with Crippen LogP contribution in [0.4, 0.5) is 0 Å². The first kappa shape index (κ1) is 12.8. The molecule has 0 bridgehead atoms. The van der Waals surface area contributed by atoms with E-state index in [1.165, 1.54) is 0 Å². The van der Waals surface area contributed by atoms with Gasteiger partial charge in [-0.25, -0.2) is 4.98 Å². The largest absolute Gasteiger partial charge is 0.334 e. The number of carbonyl (C=O) groups excluding carboxylic acids is 1. The van der Waals surface area contributed by atoms with Crippen molar-refractivity contribution in [2.24, 2.45) is 7.05 Å². The van der Waals surface area contributed by atoms with Crippen molar-refractivity contribution >= 4 is 16.9 Å². The number of carbonyl (C=O) groups is 1. The van der Waals surface area contributed by atoms with E-state index in [1.807, 2.05) is 24.3 Å². The van der Waals surface area contributed by atoms with Gasteiger partial charge in [0.2, 0.25) is 5.91 Å². The van der Waals surface area contributed by atoms with Crippen LogP contribution in [0, 0.1) is 0 Å². The van der Waals surface area contributed by atoms with E-state index in [9.17, 15) is 9.59 Å². The monoisotopic (exact) mass is 271 g/mol. The molecular weight excluding hydrogens is 254 g/mol. The van der Waals surface area contributed by atoms with Gasteiger partial charge in [-0.3, -0.25) is 9.59 Å². The Morgan fingerprint density at radius 1 is 1.35 bits per heavy atom. The molecule has 0 spiro atoms. The molecule has 2 heterocycles. The number of likely N-dealkylation sites (tertiary alicyclic amines) is 1. The summed E-state index contributed by atoms with van der Waals surface area (Å²) in [4.78, 5) is 30.5. The number of fused-ring (bicyclic) bond motifs is 1. The van der Waals surface area contributed by atoms with E-state index in [1.54, 1.807) is 23.4 Å². The Morgan fingerprint density at radius 3 is 2.85 bits per heavy atom. The van der Waals surface area contributed by atoms with Crippen molar-refractivity contribution in [1.82, 2.24) is 14.5 Å². The van der Waals surface area contributed by atoms with Crippen molar-refractivity contribution in [3.63, 3.8) is 0 Å². The Labute approximate surface area is 116 Å². The molecule has 20 heavy (non-hydrogen) atoms. The Kier molecular flexibility index (Phi) is 3.04. The summed E-state index contributed by atoms with van der Waals surface area (Å²) in [6.07, 6.45) is 1.72. The van der Waals surface area contributed by atoms with Crippen LogP contribution in [0.25, 0.3) is 11.0 Å². The quantitative estimate of drug-likeness (QED) is 0.792. The third kappa shape index (κ3) is 1.90. The molecule has 0 radical (unpaired) electrons. The van der Waals surface area contributed by atoms with Gasteiger partial charge < -0.3 is 9.47 Å². The van der Waals surface area contributed by atoms with Gasteiger partial charge in [0.25, 0.3) is 5.56 Å². The summed E-state index contributed by atoms with van der Waals surface area (Å²) >= 11 is 0. The summed E-state index contributed by atoms with van der Waals surface area (Å²) in [5.74, 6) is 0.00418. The molecule has 1 aromatic heterocycles. The molecule has 1 aliphatic rings. The number of benzene rings is 1. The van der Waals surface area contributed by atoms with Gasteiger partial charge in [-0.1, -0.05) is 12.1 Å². The minimum atomic E-state index is -0.184. The molecule has 2 aromatic rings. The second-order valence-electron chi connectivity index (χ2n) is 5.22. The molecule has 1 aromatic carbocycles. The molecule has 104 valence electrons. The third-order valence-electron chi connectivity index (χ3n) is 3.98. The number of aryl methyl sites for hydroxylation is 1. The van der Waals surface area contributed by atoms with Crippen LogP contribution in [0.5, 0.6) is 0 Å². The zero-order chi connectivity index (χ0) is 14.3. The van der Waals surface area contributed by atoms with Crippen LogP contribution in [-0.2, 0) is 11.8 Å². The highest BCUT2D eigenvalue weighted by molar-refractivity contribution is 5.76. The molecule has 1 unspecified atom stereocenters. The lowest BCUT2D eigenvalue weighted by Gasteiger charge is -2.23. The molecule has 1 saturated heterocycles. The summed E-state index contributed by atoms with van der Waals surface area (Å²) < 4.78 is 1.62. The lowest BCUT2D eigenvalue weighted by atomic mass is 10.1. The molecule has 5 heteroatoms. The number of nitrogens with zero attached hydrogens (tertiary/aromatic N) is 3. The fraction of sp³-hybridized carbons (Fsp3) is 0.400. The first-order chi connectivity index (χ1) is 9.59. The maximum Gasteiger partial charge on any atom is 0.274 e. The normalized spacial score (nSPS) is 18.7. The molecule has 1 amide bonds. The summed E-state index contributed by atoms with van der Waals surface area (Å²) in [7, 11) is 1.75.